The van der Waals surface area contributed by atoms with Crippen LogP contribution in [0.3, 0.4) is 0 Å². The maximum Gasteiger partial charge on any atom is 0.223 e. The molecule has 1 aromatic heterocycles. The summed E-state index contributed by atoms with van der Waals surface area (Å²) < 4.78 is 5.91. The summed E-state index contributed by atoms with van der Waals surface area (Å²) in [4.78, 5) is 14.8. The highest BCUT2D eigenvalue weighted by atomic mass is 16.3. The molecule has 1 unspecified atom stereocenters. The van der Waals surface area contributed by atoms with Gasteiger partial charge in [0, 0.05) is 38.6 Å². The molecule has 5 heteroatoms. The summed E-state index contributed by atoms with van der Waals surface area (Å²) in [5, 5.41) is 8.24. The molecule has 0 aromatic carbocycles. The van der Waals surface area contributed by atoms with Gasteiger partial charge in [-0.15, -0.1) is 12.3 Å². The van der Waals surface area contributed by atoms with Gasteiger partial charge in [0.05, 0.1) is 6.04 Å². The lowest BCUT2D eigenvalue weighted by Gasteiger charge is -2.34. The summed E-state index contributed by atoms with van der Waals surface area (Å²) in [6.07, 6.45) is 11.9. The number of amides is 1. The third-order valence-corrected chi connectivity index (χ3v) is 4.97. The van der Waals surface area contributed by atoms with Gasteiger partial charge in [0.1, 0.15) is 11.5 Å². The molecule has 2 aliphatic rings. The predicted octanol–water partition coefficient (Wildman–Crippen LogP) is 4.25. The van der Waals surface area contributed by atoms with Gasteiger partial charge in [0.2, 0.25) is 5.91 Å². The SMILES string of the molecule is C#CCCC1(CCC(=O)N2CCCCC2c2ccc(CC)o2)N=N1. The smallest absolute Gasteiger partial charge is 0.223 e. The third kappa shape index (κ3) is 3.69. The van der Waals surface area contributed by atoms with Gasteiger partial charge in [-0.25, -0.2) is 0 Å². The van der Waals surface area contributed by atoms with Crippen molar-refractivity contribution in [2.24, 2.45) is 10.2 Å². The second-order valence-electron chi connectivity index (χ2n) is 6.64. The van der Waals surface area contributed by atoms with E-state index >= 15 is 0 Å². The number of carbonyl (C=O) groups excluding carboxylic acids is 1. The monoisotopic (exact) mass is 327 g/mol. The van der Waals surface area contributed by atoms with E-state index in [1.165, 1.54) is 0 Å². The highest BCUT2D eigenvalue weighted by molar-refractivity contribution is 5.77. The van der Waals surface area contributed by atoms with E-state index in [2.05, 4.69) is 23.1 Å². The molecule has 5 nitrogen and oxygen atoms in total. The second-order valence-corrected chi connectivity index (χ2v) is 6.64. The van der Waals surface area contributed by atoms with Gasteiger partial charge >= 0.3 is 0 Å². The Kier molecular flexibility index (Phi) is 5.03. The van der Waals surface area contributed by atoms with Crippen LogP contribution in [0.4, 0.5) is 0 Å². The Balaban J connectivity index is 1.60. The molecular weight excluding hydrogens is 302 g/mol. The number of hydrogen-bond acceptors (Lipinski definition) is 4. The Morgan fingerprint density at radius 3 is 2.92 bits per heavy atom. The van der Waals surface area contributed by atoms with Crippen molar-refractivity contribution in [1.29, 1.82) is 0 Å². The second kappa shape index (κ2) is 7.21. The standard InChI is InChI=1S/C19H25N3O2/c1-3-5-12-19(20-21-19)13-11-18(23)22-14-7-6-8-16(22)17-10-9-15(4-2)24-17/h1,9-10,16H,4-8,11-14H2,2H3. The Bertz CT molecular complexity index is 650. The molecule has 1 saturated heterocycles. The molecule has 0 bridgehead atoms. The zero-order valence-corrected chi connectivity index (χ0v) is 14.3. The minimum atomic E-state index is -0.382. The zero-order valence-electron chi connectivity index (χ0n) is 14.3. The summed E-state index contributed by atoms with van der Waals surface area (Å²) in [5.41, 5.74) is -0.382. The minimum absolute atomic E-state index is 0.0706. The molecule has 3 heterocycles. The van der Waals surface area contributed by atoms with Gasteiger partial charge in [-0.05, 0) is 31.4 Å². The van der Waals surface area contributed by atoms with Crippen molar-refractivity contribution in [3.05, 3.63) is 23.7 Å². The molecule has 1 aromatic rings. The lowest BCUT2D eigenvalue weighted by atomic mass is 9.97. The van der Waals surface area contributed by atoms with Crippen LogP contribution in [0.15, 0.2) is 26.8 Å². The Morgan fingerprint density at radius 1 is 1.42 bits per heavy atom. The number of rotatable bonds is 7. The molecule has 1 fully saturated rings. The number of furan rings is 1. The maximum absolute atomic E-state index is 12.8. The quantitative estimate of drug-likeness (QED) is 0.703. The zero-order chi connectivity index (χ0) is 17.0. The van der Waals surface area contributed by atoms with Gasteiger partial charge in [-0.2, -0.15) is 10.2 Å². The maximum atomic E-state index is 12.8. The van der Waals surface area contributed by atoms with E-state index < -0.39 is 0 Å². The molecule has 3 rings (SSSR count). The lowest BCUT2D eigenvalue weighted by molar-refractivity contribution is -0.135. The summed E-state index contributed by atoms with van der Waals surface area (Å²) >= 11 is 0. The van der Waals surface area contributed by atoms with Crippen molar-refractivity contribution in [2.75, 3.05) is 6.54 Å². The molecule has 0 saturated carbocycles. The van der Waals surface area contributed by atoms with Crippen LogP contribution >= 0.6 is 0 Å². The average molecular weight is 327 g/mol. The number of terminal acetylenes is 1. The average Bonchev–Trinajstić information content (AvgIpc) is 3.23. The molecule has 2 aliphatic heterocycles. The number of aryl methyl sites for hydroxylation is 1. The summed E-state index contributed by atoms with van der Waals surface area (Å²) in [6.45, 7) is 2.88. The van der Waals surface area contributed by atoms with Gasteiger partial charge in [-0.3, -0.25) is 4.79 Å². The van der Waals surface area contributed by atoms with E-state index in [4.69, 9.17) is 10.8 Å². The number of carbonyl (C=O) groups is 1. The first-order valence-corrected chi connectivity index (χ1v) is 8.93. The number of piperidine rings is 1. The Morgan fingerprint density at radius 2 is 2.25 bits per heavy atom. The Hall–Kier alpha value is -2.09. The molecule has 1 amide bonds. The fourth-order valence-electron chi connectivity index (χ4n) is 3.41. The lowest BCUT2D eigenvalue weighted by Crippen LogP contribution is -2.38. The number of hydrogen-bond donors (Lipinski definition) is 0. The normalized spacial score (nSPS) is 21.5. The molecule has 0 aliphatic carbocycles. The molecule has 24 heavy (non-hydrogen) atoms. The first kappa shape index (κ1) is 16.8. The van der Waals surface area contributed by atoms with Crippen LogP contribution in [0.2, 0.25) is 0 Å². The van der Waals surface area contributed by atoms with Crippen molar-refractivity contribution < 1.29 is 9.21 Å². The van der Waals surface area contributed by atoms with Crippen LogP contribution in [0.5, 0.6) is 0 Å². The van der Waals surface area contributed by atoms with Crippen LogP contribution < -0.4 is 0 Å². The van der Waals surface area contributed by atoms with E-state index in [1.54, 1.807) is 0 Å². The van der Waals surface area contributed by atoms with E-state index in [9.17, 15) is 4.79 Å². The van der Waals surface area contributed by atoms with Crippen LogP contribution in [0, 0.1) is 12.3 Å². The summed E-state index contributed by atoms with van der Waals surface area (Å²) in [6, 6.07) is 4.11. The topological polar surface area (TPSA) is 58.2 Å². The van der Waals surface area contributed by atoms with Crippen molar-refractivity contribution in [2.45, 2.75) is 70.0 Å². The molecule has 128 valence electrons. The van der Waals surface area contributed by atoms with Crippen LogP contribution in [0.25, 0.3) is 0 Å². The molecule has 0 spiro atoms. The van der Waals surface area contributed by atoms with Crippen molar-refractivity contribution in [3.8, 4) is 12.3 Å². The molecular formula is C19H25N3O2. The largest absolute Gasteiger partial charge is 0.464 e. The molecule has 1 atom stereocenters. The summed E-state index contributed by atoms with van der Waals surface area (Å²) in [7, 11) is 0. The molecule has 0 N–H and O–H groups in total. The first-order valence-electron chi connectivity index (χ1n) is 8.93. The number of nitrogens with zero attached hydrogens (tertiary/aromatic N) is 3. The third-order valence-electron chi connectivity index (χ3n) is 4.97. The first-order chi connectivity index (χ1) is 11.7. The molecule has 0 radical (unpaired) electrons. The van der Waals surface area contributed by atoms with Crippen LogP contribution in [-0.4, -0.2) is 23.0 Å². The number of likely N-dealkylation sites (tertiary alicyclic amines) is 1. The van der Waals surface area contributed by atoms with Gasteiger partial charge < -0.3 is 9.32 Å². The van der Waals surface area contributed by atoms with Crippen LogP contribution in [-0.2, 0) is 11.2 Å². The van der Waals surface area contributed by atoms with Crippen molar-refractivity contribution >= 4 is 5.91 Å². The van der Waals surface area contributed by atoms with E-state index in [1.807, 2.05) is 17.0 Å². The van der Waals surface area contributed by atoms with E-state index in [0.29, 0.717) is 19.3 Å². The predicted molar refractivity (Wildman–Crippen MR) is 91.3 cm³/mol. The van der Waals surface area contributed by atoms with Crippen LogP contribution in [0.1, 0.15) is 69.4 Å². The van der Waals surface area contributed by atoms with E-state index in [0.717, 1.165) is 50.2 Å². The van der Waals surface area contributed by atoms with Gasteiger partial charge in [0.25, 0.3) is 0 Å². The van der Waals surface area contributed by atoms with Gasteiger partial charge in [-0.1, -0.05) is 6.92 Å². The summed E-state index contributed by atoms with van der Waals surface area (Å²) in [5.74, 6) is 4.69. The van der Waals surface area contributed by atoms with Crippen molar-refractivity contribution in [1.82, 2.24) is 4.90 Å². The van der Waals surface area contributed by atoms with Gasteiger partial charge in [0.15, 0.2) is 5.66 Å². The fraction of sp³-hybridized carbons (Fsp3) is 0.632. The van der Waals surface area contributed by atoms with Crippen molar-refractivity contribution in [3.63, 3.8) is 0 Å². The van der Waals surface area contributed by atoms with E-state index in [-0.39, 0.29) is 17.6 Å². The highest BCUT2D eigenvalue weighted by Gasteiger charge is 2.40. The minimum Gasteiger partial charge on any atom is -0.464 e. The Labute approximate surface area is 143 Å². The fourth-order valence-corrected chi connectivity index (χ4v) is 3.41. The highest BCUT2D eigenvalue weighted by Crippen LogP contribution is 2.39.